The third-order valence-electron chi connectivity index (χ3n) is 11.6. The van der Waals surface area contributed by atoms with Crippen molar-refractivity contribution in [1.29, 1.82) is 0 Å². The molecule has 37 heavy (non-hydrogen) atoms. The number of fused-ring (bicyclic) bond motifs is 5. The largest absolute Gasteiger partial charge is 0.458 e. The van der Waals surface area contributed by atoms with Crippen LogP contribution in [0.5, 0.6) is 0 Å². The second-order valence-electron chi connectivity index (χ2n) is 14.1. The van der Waals surface area contributed by atoms with Crippen LogP contribution in [0.4, 0.5) is 0 Å². The van der Waals surface area contributed by atoms with Gasteiger partial charge in [-0.15, -0.1) is 0 Å². The molecule has 5 rings (SSSR count). The van der Waals surface area contributed by atoms with Crippen LogP contribution in [0.2, 0.25) is 0 Å². The molecule has 0 heterocycles. The van der Waals surface area contributed by atoms with E-state index in [9.17, 15) is 9.90 Å². The Balaban J connectivity index is 1.29. The molecule has 0 amide bonds. The summed E-state index contributed by atoms with van der Waals surface area (Å²) in [4.78, 5) is 12.7. The van der Waals surface area contributed by atoms with E-state index < -0.39 is 0 Å². The van der Waals surface area contributed by atoms with E-state index in [0.29, 0.717) is 28.7 Å². The molecule has 3 fully saturated rings. The summed E-state index contributed by atoms with van der Waals surface area (Å²) in [5, 5.41) is 11.6. The molecule has 0 spiro atoms. The lowest BCUT2D eigenvalue weighted by molar-refractivity contribution is -0.0978. The van der Waals surface area contributed by atoms with Crippen molar-refractivity contribution in [3.63, 3.8) is 0 Å². The first kappa shape index (κ1) is 27.0. The number of rotatable bonds is 7. The molecule has 0 aromatic heterocycles. The van der Waals surface area contributed by atoms with E-state index in [2.05, 4.69) is 40.7 Å². The van der Waals surface area contributed by atoms with Gasteiger partial charge in [-0.25, -0.2) is 4.79 Å². The Morgan fingerprint density at radius 2 is 1.76 bits per heavy atom. The maximum atomic E-state index is 12.7. The zero-order chi connectivity index (χ0) is 26.4. The van der Waals surface area contributed by atoms with Crippen molar-refractivity contribution in [2.45, 2.75) is 111 Å². The summed E-state index contributed by atoms with van der Waals surface area (Å²) in [5.41, 5.74) is 2.46. The van der Waals surface area contributed by atoms with Crippen LogP contribution in [0, 0.1) is 46.3 Å². The van der Waals surface area contributed by atoms with Crippen LogP contribution in [0.1, 0.15) is 109 Å². The average molecular weight is 507 g/mol. The van der Waals surface area contributed by atoms with Crippen molar-refractivity contribution in [2.75, 3.05) is 0 Å². The summed E-state index contributed by atoms with van der Waals surface area (Å²) < 4.78 is 5.95. The summed E-state index contributed by atoms with van der Waals surface area (Å²) in [6, 6.07) is 9.32. The molecule has 3 heteroatoms. The molecule has 3 nitrogen and oxygen atoms in total. The third-order valence-corrected chi connectivity index (χ3v) is 11.6. The fourth-order valence-electron chi connectivity index (χ4n) is 9.53. The number of carbonyl (C=O) groups is 1. The molecule has 204 valence electrons. The minimum absolute atomic E-state index is 0.0906. The van der Waals surface area contributed by atoms with Crippen LogP contribution in [0.15, 0.2) is 42.0 Å². The SMILES string of the molecule is CC(C)CCC[C@@H](C)C1CC[C@H]2[C@@H]3[C@H](O)C=C4C[C@@H](OC(=O)c5ccccc5)CC[C@]4(C)[C@H]3CC[C@]12C. The number of ether oxygens (including phenoxy) is 1. The predicted molar refractivity (Wildman–Crippen MR) is 150 cm³/mol. The molecule has 1 unspecified atom stereocenters. The standard InChI is InChI=1S/C34H50O3/c1-22(2)10-9-11-23(3)27-14-15-28-31-29(17-19-34(27,28)5)33(4)18-16-26(20-25(33)21-30(31)35)37-32(36)24-12-7-6-8-13-24/h6-8,12-13,21-23,26-31,35H,9-11,14-20H2,1-5H3/t23-,26+,27?,28+,29+,30-,31+,33+,34-/m1/s1. The van der Waals surface area contributed by atoms with Gasteiger partial charge >= 0.3 is 5.97 Å². The van der Waals surface area contributed by atoms with Crippen LogP contribution in [0.25, 0.3) is 0 Å². The lowest BCUT2D eigenvalue weighted by Gasteiger charge is -2.59. The lowest BCUT2D eigenvalue weighted by atomic mass is 9.46. The van der Waals surface area contributed by atoms with Crippen LogP contribution in [-0.2, 0) is 4.74 Å². The monoisotopic (exact) mass is 506 g/mol. The maximum Gasteiger partial charge on any atom is 0.338 e. The highest BCUT2D eigenvalue weighted by atomic mass is 16.5. The van der Waals surface area contributed by atoms with Crippen molar-refractivity contribution in [2.24, 2.45) is 46.3 Å². The predicted octanol–water partition coefficient (Wildman–Crippen LogP) is 8.22. The number of carbonyl (C=O) groups excluding carboxylic acids is 1. The molecule has 0 aliphatic heterocycles. The van der Waals surface area contributed by atoms with Gasteiger partial charge in [-0.3, -0.25) is 0 Å². The number of hydrogen-bond donors (Lipinski definition) is 1. The molecule has 1 N–H and O–H groups in total. The fourth-order valence-corrected chi connectivity index (χ4v) is 9.53. The molecule has 4 aliphatic carbocycles. The van der Waals surface area contributed by atoms with Gasteiger partial charge < -0.3 is 9.84 Å². The summed E-state index contributed by atoms with van der Waals surface area (Å²) in [6.45, 7) is 12.2. The van der Waals surface area contributed by atoms with Crippen molar-refractivity contribution >= 4 is 5.97 Å². The van der Waals surface area contributed by atoms with Crippen LogP contribution in [-0.4, -0.2) is 23.3 Å². The lowest BCUT2D eigenvalue weighted by Crippen LogP contribution is -2.55. The van der Waals surface area contributed by atoms with Crippen LogP contribution < -0.4 is 0 Å². The molecular formula is C34H50O3. The average Bonchev–Trinajstić information content (AvgIpc) is 3.22. The van der Waals surface area contributed by atoms with Crippen molar-refractivity contribution in [3.8, 4) is 0 Å². The topological polar surface area (TPSA) is 46.5 Å². The number of esters is 1. The molecular weight excluding hydrogens is 456 g/mol. The first-order valence-corrected chi connectivity index (χ1v) is 15.3. The second kappa shape index (κ2) is 10.5. The number of benzene rings is 1. The molecule has 0 bridgehead atoms. The zero-order valence-electron chi connectivity index (χ0n) is 23.9. The molecule has 9 atom stereocenters. The van der Waals surface area contributed by atoms with Gasteiger partial charge in [-0.1, -0.05) is 83.7 Å². The van der Waals surface area contributed by atoms with Gasteiger partial charge in [-0.05, 0) is 97.0 Å². The fraction of sp³-hybridized carbons (Fsp3) is 0.735. The Morgan fingerprint density at radius 3 is 2.49 bits per heavy atom. The van der Waals surface area contributed by atoms with Crippen LogP contribution in [0.3, 0.4) is 0 Å². The number of aliphatic hydroxyl groups excluding tert-OH is 1. The Labute approximate surface area is 225 Å². The molecule has 1 aromatic carbocycles. The first-order valence-electron chi connectivity index (χ1n) is 15.3. The minimum Gasteiger partial charge on any atom is -0.458 e. The van der Waals surface area contributed by atoms with E-state index in [1.165, 1.54) is 50.5 Å². The second-order valence-corrected chi connectivity index (χ2v) is 14.1. The normalized spacial score (nSPS) is 39.8. The molecule has 1 aromatic rings. The quantitative estimate of drug-likeness (QED) is 0.299. The Hall–Kier alpha value is -1.61. The van der Waals surface area contributed by atoms with Gasteiger partial charge in [0.2, 0.25) is 0 Å². The highest BCUT2D eigenvalue weighted by molar-refractivity contribution is 5.89. The summed E-state index contributed by atoms with van der Waals surface area (Å²) >= 11 is 0. The van der Waals surface area contributed by atoms with E-state index in [1.807, 2.05) is 30.3 Å². The highest BCUT2D eigenvalue weighted by Gasteiger charge is 2.61. The van der Waals surface area contributed by atoms with E-state index in [0.717, 1.165) is 37.0 Å². The van der Waals surface area contributed by atoms with Gasteiger partial charge in [0.25, 0.3) is 0 Å². The highest BCUT2D eigenvalue weighted by Crippen LogP contribution is 2.67. The molecule has 4 aliphatic rings. The van der Waals surface area contributed by atoms with Crippen molar-refractivity contribution < 1.29 is 14.6 Å². The number of aliphatic hydroxyl groups is 1. The molecule has 3 saturated carbocycles. The maximum absolute atomic E-state index is 12.7. The van der Waals surface area contributed by atoms with E-state index in [-0.39, 0.29) is 23.6 Å². The van der Waals surface area contributed by atoms with Gasteiger partial charge in [0.05, 0.1) is 11.7 Å². The van der Waals surface area contributed by atoms with Gasteiger partial charge in [0, 0.05) is 6.42 Å². The zero-order valence-corrected chi connectivity index (χ0v) is 23.9. The van der Waals surface area contributed by atoms with Gasteiger partial charge in [-0.2, -0.15) is 0 Å². The van der Waals surface area contributed by atoms with Crippen LogP contribution >= 0.6 is 0 Å². The number of hydrogen-bond acceptors (Lipinski definition) is 3. The summed E-state index contributed by atoms with van der Waals surface area (Å²) in [6.07, 6.45) is 13.7. The molecule has 0 saturated heterocycles. The summed E-state index contributed by atoms with van der Waals surface area (Å²) in [5.74, 6) is 3.70. The smallest absolute Gasteiger partial charge is 0.338 e. The van der Waals surface area contributed by atoms with Crippen molar-refractivity contribution in [1.82, 2.24) is 0 Å². The van der Waals surface area contributed by atoms with Gasteiger partial charge in [0.1, 0.15) is 6.10 Å². The molecule has 0 radical (unpaired) electrons. The van der Waals surface area contributed by atoms with E-state index >= 15 is 0 Å². The summed E-state index contributed by atoms with van der Waals surface area (Å²) in [7, 11) is 0. The Bertz CT molecular complexity index is 982. The first-order chi connectivity index (χ1) is 17.6. The van der Waals surface area contributed by atoms with E-state index in [4.69, 9.17) is 4.74 Å². The Kier molecular flexibility index (Phi) is 7.66. The minimum atomic E-state index is -0.365. The van der Waals surface area contributed by atoms with Gasteiger partial charge in [0.15, 0.2) is 0 Å². The van der Waals surface area contributed by atoms with Crippen molar-refractivity contribution in [3.05, 3.63) is 47.5 Å². The third kappa shape index (κ3) is 4.95. The van der Waals surface area contributed by atoms with E-state index in [1.54, 1.807) is 0 Å². The Morgan fingerprint density at radius 1 is 1.00 bits per heavy atom.